The molecule has 8 heteroatoms. The Labute approximate surface area is 206 Å². The number of thiophene rings is 1. The summed E-state index contributed by atoms with van der Waals surface area (Å²) in [6, 6.07) is 11.4. The number of carbonyl (C=O) groups excluding carboxylic acids is 1. The molecule has 0 spiro atoms. The van der Waals surface area contributed by atoms with Crippen LogP contribution in [0, 0.1) is 5.92 Å². The lowest BCUT2D eigenvalue weighted by molar-refractivity contribution is 0.0678. The molecule has 1 saturated heterocycles. The van der Waals surface area contributed by atoms with Gasteiger partial charge in [-0.15, -0.1) is 11.3 Å². The Bertz CT molecular complexity index is 1460. The van der Waals surface area contributed by atoms with Gasteiger partial charge < -0.3 is 19.3 Å². The van der Waals surface area contributed by atoms with Gasteiger partial charge in [-0.05, 0) is 55.4 Å². The van der Waals surface area contributed by atoms with Gasteiger partial charge in [-0.2, -0.15) is 0 Å². The van der Waals surface area contributed by atoms with Gasteiger partial charge in [-0.1, -0.05) is 18.2 Å². The second kappa shape index (κ2) is 9.09. The van der Waals surface area contributed by atoms with Gasteiger partial charge >= 0.3 is 0 Å². The highest BCUT2D eigenvalue weighted by Gasteiger charge is 2.34. The van der Waals surface area contributed by atoms with Crippen LogP contribution in [0.5, 0.6) is 5.75 Å². The number of hydrogen-bond donors (Lipinski definition) is 1. The Morgan fingerprint density at radius 2 is 1.94 bits per heavy atom. The van der Waals surface area contributed by atoms with Gasteiger partial charge in [0.1, 0.15) is 16.9 Å². The molecule has 3 aromatic heterocycles. The van der Waals surface area contributed by atoms with Crippen molar-refractivity contribution in [2.24, 2.45) is 5.92 Å². The fourth-order valence-corrected chi connectivity index (χ4v) is 6.25. The summed E-state index contributed by atoms with van der Waals surface area (Å²) in [5.74, 6) is 0.699. The van der Waals surface area contributed by atoms with Crippen molar-refractivity contribution in [3.8, 4) is 5.75 Å². The van der Waals surface area contributed by atoms with Crippen LogP contribution in [0.4, 0.5) is 0 Å². The third-order valence-electron chi connectivity index (χ3n) is 7.08. The van der Waals surface area contributed by atoms with Crippen molar-refractivity contribution in [1.29, 1.82) is 0 Å². The Hall–Kier alpha value is -3.23. The normalized spacial score (nSPS) is 18.0. The average molecular weight is 490 g/mol. The molecule has 1 saturated carbocycles. The number of hydrogen-bond acceptors (Lipinski definition) is 6. The van der Waals surface area contributed by atoms with E-state index in [1.807, 2.05) is 41.0 Å². The minimum Gasteiger partial charge on any atom is -0.486 e. The molecule has 4 heterocycles. The summed E-state index contributed by atoms with van der Waals surface area (Å²) in [6.07, 6.45) is 7.29. The monoisotopic (exact) mass is 489 g/mol. The van der Waals surface area contributed by atoms with Crippen molar-refractivity contribution < 1.29 is 14.6 Å². The molecule has 2 fully saturated rings. The molecule has 1 aromatic carbocycles. The van der Waals surface area contributed by atoms with E-state index in [-0.39, 0.29) is 30.7 Å². The van der Waals surface area contributed by atoms with E-state index in [2.05, 4.69) is 4.98 Å². The second-order valence-electron chi connectivity index (χ2n) is 9.46. The number of ether oxygens (including phenoxy) is 1. The standard InChI is InChI=1S/C27H27N3O4S/c31-15-19-4-3-13-29(19)27(33)25-23(34-16-18-9-11-28-12-10-18)22-24(35-25)20-5-1-2-6-21(20)30(26(22)32)14-17-7-8-17/h1-2,5-6,9-12,17,19,31H,3-4,7-8,13-16H2. The summed E-state index contributed by atoms with van der Waals surface area (Å²) < 4.78 is 8.94. The average Bonchev–Trinajstić information content (AvgIpc) is 3.44. The van der Waals surface area contributed by atoms with E-state index in [4.69, 9.17) is 4.74 Å². The largest absolute Gasteiger partial charge is 0.486 e. The van der Waals surface area contributed by atoms with E-state index < -0.39 is 0 Å². The van der Waals surface area contributed by atoms with E-state index in [1.165, 1.54) is 11.3 Å². The SMILES string of the molecule is O=C(c1sc2c(c1OCc1ccncc1)c(=O)n(CC1CC1)c1ccccc21)N1CCCC1CO. The van der Waals surface area contributed by atoms with Crippen LogP contribution in [0.25, 0.3) is 21.0 Å². The number of carbonyl (C=O) groups is 1. The summed E-state index contributed by atoms with van der Waals surface area (Å²) in [5, 5.41) is 11.3. The number of aromatic nitrogens is 2. The van der Waals surface area contributed by atoms with Gasteiger partial charge in [0.2, 0.25) is 0 Å². The summed E-state index contributed by atoms with van der Waals surface area (Å²) in [7, 11) is 0. The first-order valence-electron chi connectivity index (χ1n) is 12.2. The zero-order valence-corrected chi connectivity index (χ0v) is 20.2. The predicted molar refractivity (Wildman–Crippen MR) is 136 cm³/mol. The molecular formula is C27H27N3O4S. The first kappa shape index (κ1) is 22.2. The molecule has 35 heavy (non-hydrogen) atoms. The maximum Gasteiger partial charge on any atom is 0.268 e. The van der Waals surface area contributed by atoms with Crippen molar-refractivity contribution in [1.82, 2.24) is 14.5 Å². The lowest BCUT2D eigenvalue weighted by Gasteiger charge is -2.22. The first-order chi connectivity index (χ1) is 17.2. The summed E-state index contributed by atoms with van der Waals surface area (Å²) >= 11 is 1.33. The molecule has 1 amide bonds. The van der Waals surface area contributed by atoms with Gasteiger partial charge in [0.15, 0.2) is 5.75 Å². The molecule has 180 valence electrons. The molecular weight excluding hydrogens is 462 g/mol. The summed E-state index contributed by atoms with van der Waals surface area (Å²) in [5.41, 5.74) is 1.70. The molecule has 2 aliphatic rings. The van der Waals surface area contributed by atoms with Crippen LogP contribution in [-0.2, 0) is 13.2 Å². The topological polar surface area (TPSA) is 84.7 Å². The molecule has 4 aromatic rings. The minimum atomic E-state index is -0.205. The van der Waals surface area contributed by atoms with Crippen LogP contribution >= 0.6 is 11.3 Å². The van der Waals surface area contributed by atoms with Crippen LogP contribution in [0.15, 0.2) is 53.6 Å². The van der Waals surface area contributed by atoms with Gasteiger partial charge in [0.05, 0.1) is 22.9 Å². The van der Waals surface area contributed by atoms with Crippen molar-refractivity contribution >= 4 is 38.2 Å². The van der Waals surface area contributed by atoms with Crippen LogP contribution in [-0.4, -0.2) is 44.7 Å². The highest BCUT2D eigenvalue weighted by atomic mass is 32.1. The van der Waals surface area contributed by atoms with Crippen LogP contribution in [0.3, 0.4) is 0 Å². The zero-order valence-electron chi connectivity index (χ0n) is 19.4. The van der Waals surface area contributed by atoms with Crippen molar-refractivity contribution in [3.05, 3.63) is 69.6 Å². The number of rotatable bonds is 7. The lowest BCUT2D eigenvalue weighted by Crippen LogP contribution is -2.37. The number of aliphatic hydroxyl groups excluding tert-OH is 1. The fourth-order valence-electron chi connectivity index (χ4n) is 5.02. The molecule has 1 N–H and O–H groups in total. The Morgan fingerprint density at radius 3 is 2.71 bits per heavy atom. The van der Waals surface area contributed by atoms with E-state index in [1.54, 1.807) is 17.3 Å². The second-order valence-corrected chi connectivity index (χ2v) is 10.5. The lowest BCUT2D eigenvalue weighted by atomic mass is 10.1. The molecule has 0 radical (unpaired) electrons. The predicted octanol–water partition coefficient (Wildman–Crippen LogP) is 4.20. The third kappa shape index (κ3) is 4.00. The quantitative estimate of drug-likeness (QED) is 0.421. The van der Waals surface area contributed by atoms with Crippen molar-refractivity contribution in [2.45, 2.75) is 44.9 Å². The molecule has 1 aliphatic heterocycles. The number of aliphatic hydroxyl groups is 1. The van der Waals surface area contributed by atoms with E-state index in [9.17, 15) is 14.7 Å². The van der Waals surface area contributed by atoms with Crippen molar-refractivity contribution in [2.75, 3.05) is 13.2 Å². The van der Waals surface area contributed by atoms with Crippen molar-refractivity contribution in [3.63, 3.8) is 0 Å². The van der Waals surface area contributed by atoms with E-state index >= 15 is 0 Å². The van der Waals surface area contributed by atoms with Crippen LogP contribution < -0.4 is 10.3 Å². The van der Waals surface area contributed by atoms with Gasteiger partial charge in [-0.3, -0.25) is 14.6 Å². The number of para-hydroxylation sites is 1. The highest BCUT2D eigenvalue weighted by molar-refractivity contribution is 7.22. The Balaban J connectivity index is 1.55. The molecule has 0 bridgehead atoms. The van der Waals surface area contributed by atoms with Crippen LogP contribution in [0.2, 0.25) is 0 Å². The maximum absolute atomic E-state index is 13.9. The number of pyridine rings is 2. The smallest absolute Gasteiger partial charge is 0.268 e. The highest BCUT2D eigenvalue weighted by Crippen LogP contribution is 2.42. The van der Waals surface area contributed by atoms with E-state index in [0.29, 0.717) is 35.0 Å². The zero-order chi connectivity index (χ0) is 23.9. The fraction of sp³-hybridized carbons (Fsp3) is 0.370. The van der Waals surface area contributed by atoms with E-state index in [0.717, 1.165) is 46.8 Å². The summed E-state index contributed by atoms with van der Waals surface area (Å²) in [6.45, 7) is 1.43. The minimum absolute atomic E-state index is 0.0685. The van der Waals surface area contributed by atoms with Gasteiger partial charge in [0.25, 0.3) is 11.5 Å². The number of amides is 1. The molecule has 7 nitrogen and oxygen atoms in total. The summed E-state index contributed by atoms with van der Waals surface area (Å²) in [4.78, 5) is 33.9. The van der Waals surface area contributed by atoms with Crippen LogP contribution in [0.1, 0.15) is 40.9 Å². The van der Waals surface area contributed by atoms with Gasteiger partial charge in [0, 0.05) is 30.9 Å². The number of benzene rings is 1. The third-order valence-corrected chi connectivity index (χ3v) is 8.27. The Kier molecular flexibility index (Phi) is 5.78. The number of nitrogens with zero attached hydrogens (tertiary/aromatic N) is 3. The maximum atomic E-state index is 13.9. The Morgan fingerprint density at radius 1 is 1.14 bits per heavy atom. The number of likely N-dealkylation sites (tertiary alicyclic amines) is 1. The van der Waals surface area contributed by atoms with Gasteiger partial charge in [-0.25, -0.2) is 0 Å². The first-order valence-corrected chi connectivity index (χ1v) is 13.0. The molecule has 1 unspecified atom stereocenters. The number of fused-ring (bicyclic) bond motifs is 3. The molecule has 1 atom stereocenters. The molecule has 1 aliphatic carbocycles. The molecule has 6 rings (SSSR count).